The second-order valence-corrected chi connectivity index (χ2v) is 7.63. The fourth-order valence-corrected chi connectivity index (χ4v) is 4.08. The van der Waals surface area contributed by atoms with E-state index in [1.807, 2.05) is 7.05 Å². The van der Waals surface area contributed by atoms with Crippen molar-refractivity contribution in [2.24, 2.45) is 10.9 Å². The lowest BCUT2D eigenvalue weighted by Crippen LogP contribution is -2.47. The monoisotopic (exact) mass is 486 g/mol. The van der Waals surface area contributed by atoms with Crippen molar-refractivity contribution in [1.29, 1.82) is 0 Å². The smallest absolute Gasteiger partial charge is 0.193 e. The van der Waals surface area contributed by atoms with E-state index in [4.69, 9.17) is 4.74 Å². The summed E-state index contributed by atoms with van der Waals surface area (Å²) in [5.74, 6) is 2.80. The molecule has 1 aromatic rings. The Morgan fingerprint density at radius 2 is 1.78 bits per heavy atom. The second kappa shape index (κ2) is 11.1. The number of hydrogen-bond donors (Lipinski definition) is 1. The molecule has 0 spiro atoms. The van der Waals surface area contributed by atoms with Gasteiger partial charge < -0.3 is 15.0 Å². The number of likely N-dealkylation sites (tertiary alicyclic amines) is 2. The Balaban J connectivity index is 0.00000261. The number of methoxy groups -OCH3 is 1. The molecule has 1 aromatic carbocycles. The highest BCUT2D eigenvalue weighted by Gasteiger charge is 2.25. The van der Waals surface area contributed by atoms with E-state index < -0.39 is 0 Å². The number of benzene rings is 1. The van der Waals surface area contributed by atoms with E-state index in [2.05, 4.69) is 51.3 Å². The van der Waals surface area contributed by atoms with Crippen molar-refractivity contribution in [1.82, 2.24) is 15.1 Å². The Kier molecular flexibility index (Phi) is 9.15. The largest absolute Gasteiger partial charge is 0.497 e. The second-order valence-electron chi connectivity index (χ2n) is 7.63. The van der Waals surface area contributed by atoms with Crippen LogP contribution in [0.5, 0.6) is 5.75 Å². The van der Waals surface area contributed by atoms with Gasteiger partial charge in [0.05, 0.1) is 13.2 Å². The van der Waals surface area contributed by atoms with Crippen LogP contribution in [0.15, 0.2) is 29.3 Å². The maximum atomic E-state index is 5.32. The van der Waals surface area contributed by atoms with Crippen LogP contribution in [-0.2, 0) is 0 Å². The summed E-state index contributed by atoms with van der Waals surface area (Å²) in [6.45, 7) is 7.82. The molecule has 0 amide bonds. The fourth-order valence-electron chi connectivity index (χ4n) is 4.08. The minimum absolute atomic E-state index is 0. The summed E-state index contributed by atoms with van der Waals surface area (Å²) in [7, 11) is 3.62. The summed E-state index contributed by atoms with van der Waals surface area (Å²) in [5.41, 5.74) is 1.35. The zero-order valence-electron chi connectivity index (χ0n) is 17.0. The Hall–Kier alpha value is -1.02. The zero-order valence-corrected chi connectivity index (χ0v) is 19.3. The maximum absolute atomic E-state index is 5.32. The molecule has 0 saturated carbocycles. The number of guanidine groups is 1. The average molecular weight is 486 g/mol. The molecule has 1 N–H and O–H groups in total. The molecule has 2 saturated heterocycles. The number of hydrogen-bond acceptors (Lipinski definition) is 3. The van der Waals surface area contributed by atoms with Crippen LogP contribution in [0.1, 0.15) is 44.2 Å². The van der Waals surface area contributed by atoms with Crippen LogP contribution in [0, 0.1) is 5.92 Å². The van der Waals surface area contributed by atoms with Crippen molar-refractivity contribution in [2.45, 2.75) is 38.6 Å². The first-order valence-corrected chi connectivity index (χ1v) is 10.0. The average Bonchev–Trinajstić information content (AvgIpc) is 3.21. The number of nitrogens with zero attached hydrogens (tertiary/aromatic N) is 3. The predicted octanol–water partition coefficient (Wildman–Crippen LogP) is 3.76. The summed E-state index contributed by atoms with van der Waals surface area (Å²) in [4.78, 5) is 9.56. The summed E-state index contributed by atoms with van der Waals surface area (Å²) in [6, 6.07) is 8.92. The SMILES string of the molecule is CN=C(NCC(c1ccc(OC)cc1)N1CCCC1)N1CCC(C)CC1.I. The Morgan fingerprint density at radius 1 is 1.15 bits per heavy atom. The van der Waals surface area contributed by atoms with Crippen LogP contribution in [0.2, 0.25) is 0 Å². The van der Waals surface area contributed by atoms with Gasteiger partial charge in [0.15, 0.2) is 5.96 Å². The molecule has 0 aromatic heterocycles. The van der Waals surface area contributed by atoms with Crippen LogP contribution >= 0.6 is 24.0 Å². The quantitative estimate of drug-likeness (QED) is 0.391. The van der Waals surface area contributed by atoms with Gasteiger partial charge in [0.2, 0.25) is 0 Å². The summed E-state index contributed by atoms with van der Waals surface area (Å²) in [5, 5.41) is 3.66. The van der Waals surface area contributed by atoms with Crippen molar-refractivity contribution in [3.05, 3.63) is 29.8 Å². The van der Waals surface area contributed by atoms with E-state index in [-0.39, 0.29) is 24.0 Å². The first-order valence-electron chi connectivity index (χ1n) is 10.0. The van der Waals surface area contributed by atoms with Crippen molar-refractivity contribution < 1.29 is 4.74 Å². The summed E-state index contributed by atoms with van der Waals surface area (Å²) < 4.78 is 5.32. The molecule has 2 aliphatic rings. The van der Waals surface area contributed by atoms with E-state index in [9.17, 15) is 0 Å². The molecule has 27 heavy (non-hydrogen) atoms. The van der Waals surface area contributed by atoms with Gasteiger partial charge in [-0.3, -0.25) is 9.89 Å². The third-order valence-corrected chi connectivity index (χ3v) is 5.83. The van der Waals surface area contributed by atoms with Crippen LogP contribution in [0.3, 0.4) is 0 Å². The number of halogens is 1. The van der Waals surface area contributed by atoms with Crippen LogP contribution < -0.4 is 10.1 Å². The highest BCUT2D eigenvalue weighted by atomic mass is 127. The molecule has 2 heterocycles. The van der Waals surface area contributed by atoms with Crippen LogP contribution in [0.25, 0.3) is 0 Å². The minimum atomic E-state index is 0. The molecule has 0 bridgehead atoms. The molecular formula is C21H35IN4O. The molecule has 6 heteroatoms. The van der Waals surface area contributed by atoms with Gasteiger partial charge in [-0.1, -0.05) is 19.1 Å². The van der Waals surface area contributed by atoms with Gasteiger partial charge in [-0.2, -0.15) is 0 Å². The first kappa shape index (κ1) is 22.3. The Morgan fingerprint density at radius 3 is 2.33 bits per heavy atom. The fraction of sp³-hybridized carbons (Fsp3) is 0.667. The molecule has 1 unspecified atom stereocenters. The number of piperidine rings is 1. The Labute approximate surface area is 181 Å². The molecular weight excluding hydrogens is 451 g/mol. The number of ether oxygens (including phenoxy) is 1. The molecule has 152 valence electrons. The maximum Gasteiger partial charge on any atom is 0.193 e. The van der Waals surface area contributed by atoms with Gasteiger partial charge in [0, 0.05) is 26.7 Å². The van der Waals surface area contributed by atoms with Crippen molar-refractivity contribution in [3.8, 4) is 5.75 Å². The lowest BCUT2D eigenvalue weighted by atomic mass is 9.99. The molecule has 2 fully saturated rings. The number of aliphatic imine (C=N–C) groups is 1. The van der Waals surface area contributed by atoms with Crippen molar-refractivity contribution in [2.75, 3.05) is 46.9 Å². The van der Waals surface area contributed by atoms with Crippen LogP contribution in [-0.4, -0.2) is 62.6 Å². The van der Waals surface area contributed by atoms with E-state index >= 15 is 0 Å². The van der Waals surface area contributed by atoms with Gasteiger partial charge in [-0.05, 0) is 62.4 Å². The molecule has 5 nitrogen and oxygen atoms in total. The van der Waals surface area contributed by atoms with Gasteiger partial charge in [0.25, 0.3) is 0 Å². The first-order chi connectivity index (χ1) is 12.7. The van der Waals surface area contributed by atoms with E-state index in [1.165, 1.54) is 44.3 Å². The van der Waals surface area contributed by atoms with E-state index in [0.717, 1.165) is 37.3 Å². The van der Waals surface area contributed by atoms with Crippen molar-refractivity contribution >= 4 is 29.9 Å². The molecule has 3 rings (SSSR count). The minimum Gasteiger partial charge on any atom is -0.497 e. The van der Waals surface area contributed by atoms with E-state index in [0.29, 0.717) is 6.04 Å². The third kappa shape index (κ3) is 5.98. The molecule has 2 aliphatic heterocycles. The van der Waals surface area contributed by atoms with Gasteiger partial charge in [-0.15, -0.1) is 24.0 Å². The number of nitrogens with one attached hydrogen (secondary N) is 1. The van der Waals surface area contributed by atoms with Crippen LogP contribution in [0.4, 0.5) is 0 Å². The third-order valence-electron chi connectivity index (χ3n) is 5.83. The van der Waals surface area contributed by atoms with E-state index in [1.54, 1.807) is 7.11 Å². The highest BCUT2D eigenvalue weighted by molar-refractivity contribution is 14.0. The van der Waals surface area contributed by atoms with Gasteiger partial charge in [0.1, 0.15) is 5.75 Å². The molecule has 0 radical (unpaired) electrons. The standard InChI is InChI=1S/C21H34N4O.HI/c1-17-10-14-25(15-11-17)21(22-2)23-16-20(24-12-4-5-13-24)18-6-8-19(26-3)9-7-18;/h6-9,17,20H,4-5,10-16H2,1-3H3,(H,22,23);1H. The molecule has 1 atom stereocenters. The Bertz CT molecular complexity index is 578. The number of rotatable bonds is 5. The topological polar surface area (TPSA) is 40.1 Å². The lowest BCUT2D eigenvalue weighted by molar-refractivity contribution is 0.237. The van der Waals surface area contributed by atoms with Gasteiger partial charge in [-0.25, -0.2) is 0 Å². The highest BCUT2D eigenvalue weighted by Crippen LogP contribution is 2.26. The zero-order chi connectivity index (χ0) is 18.4. The molecule has 0 aliphatic carbocycles. The summed E-state index contributed by atoms with van der Waals surface area (Å²) in [6.07, 6.45) is 5.11. The predicted molar refractivity (Wildman–Crippen MR) is 123 cm³/mol. The van der Waals surface area contributed by atoms with Crippen molar-refractivity contribution in [3.63, 3.8) is 0 Å². The summed E-state index contributed by atoms with van der Waals surface area (Å²) >= 11 is 0. The van der Waals surface area contributed by atoms with Gasteiger partial charge >= 0.3 is 0 Å². The normalized spacial score (nSPS) is 20.3. The lowest BCUT2D eigenvalue weighted by Gasteiger charge is -2.35.